The topological polar surface area (TPSA) is 44.7 Å². The Bertz CT molecular complexity index is 720. The van der Waals surface area contributed by atoms with E-state index in [4.69, 9.17) is 11.6 Å². The summed E-state index contributed by atoms with van der Waals surface area (Å²) in [6.45, 7) is 2.87. The van der Waals surface area contributed by atoms with E-state index < -0.39 is 0 Å². The van der Waals surface area contributed by atoms with Crippen LogP contribution < -0.4 is 5.43 Å². The molecule has 1 fully saturated rings. The molecule has 0 unspecified atom stereocenters. The van der Waals surface area contributed by atoms with E-state index in [2.05, 4.69) is 39.7 Å². The van der Waals surface area contributed by atoms with Crippen LogP contribution in [0.25, 0.3) is 0 Å². The SMILES string of the molecule is O=C(NN=C1CCN(Cc2ccccc2)CC1)c1ccccc1Cl. The molecule has 5 heteroatoms. The molecule has 1 amide bonds. The van der Waals surface area contributed by atoms with Gasteiger partial charge in [0.1, 0.15) is 0 Å². The van der Waals surface area contributed by atoms with E-state index in [0.717, 1.165) is 38.2 Å². The predicted molar refractivity (Wildman–Crippen MR) is 97.3 cm³/mol. The summed E-state index contributed by atoms with van der Waals surface area (Å²) in [5.41, 5.74) is 5.42. The first-order valence-electron chi connectivity index (χ1n) is 8.09. The third kappa shape index (κ3) is 4.43. The maximum Gasteiger partial charge on any atom is 0.272 e. The molecule has 1 aliphatic heterocycles. The lowest BCUT2D eigenvalue weighted by Gasteiger charge is -2.27. The Morgan fingerprint density at radius 3 is 2.42 bits per heavy atom. The van der Waals surface area contributed by atoms with Gasteiger partial charge in [0.15, 0.2) is 0 Å². The molecule has 124 valence electrons. The van der Waals surface area contributed by atoms with Crippen LogP contribution in [0.1, 0.15) is 28.8 Å². The maximum atomic E-state index is 12.1. The minimum Gasteiger partial charge on any atom is -0.298 e. The number of halogens is 1. The van der Waals surface area contributed by atoms with E-state index in [1.807, 2.05) is 6.07 Å². The van der Waals surface area contributed by atoms with E-state index >= 15 is 0 Å². The first-order valence-corrected chi connectivity index (χ1v) is 8.47. The van der Waals surface area contributed by atoms with Crippen molar-refractivity contribution < 1.29 is 4.79 Å². The van der Waals surface area contributed by atoms with E-state index in [0.29, 0.717) is 10.6 Å². The molecular weight excluding hydrogens is 322 g/mol. The van der Waals surface area contributed by atoms with Crippen molar-refractivity contribution in [3.8, 4) is 0 Å². The average molecular weight is 342 g/mol. The van der Waals surface area contributed by atoms with E-state index in [1.165, 1.54) is 5.56 Å². The van der Waals surface area contributed by atoms with E-state index in [9.17, 15) is 4.79 Å². The van der Waals surface area contributed by atoms with Gasteiger partial charge in [0.2, 0.25) is 0 Å². The van der Waals surface area contributed by atoms with Gasteiger partial charge < -0.3 is 0 Å². The number of amides is 1. The normalized spacial score (nSPS) is 15.1. The van der Waals surface area contributed by atoms with Crippen LogP contribution in [0.15, 0.2) is 59.7 Å². The van der Waals surface area contributed by atoms with Gasteiger partial charge in [-0.15, -0.1) is 0 Å². The second-order valence-electron chi connectivity index (χ2n) is 5.86. The van der Waals surface area contributed by atoms with Crippen LogP contribution in [-0.2, 0) is 6.54 Å². The Kier molecular flexibility index (Phi) is 5.62. The molecule has 4 nitrogen and oxygen atoms in total. The highest BCUT2D eigenvalue weighted by molar-refractivity contribution is 6.33. The molecule has 0 bridgehead atoms. The monoisotopic (exact) mass is 341 g/mol. The number of carbonyl (C=O) groups is 1. The summed E-state index contributed by atoms with van der Waals surface area (Å²) in [7, 11) is 0. The molecule has 1 heterocycles. The molecule has 1 saturated heterocycles. The lowest BCUT2D eigenvalue weighted by atomic mass is 10.1. The van der Waals surface area contributed by atoms with Gasteiger partial charge >= 0.3 is 0 Å². The van der Waals surface area contributed by atoms with Crippen molar-refractivity contribution in [2.45, 2.75) is 19.4 Å². The summed E-state index contributed by atoms with van der Waals surface area (Å²) in [6, 6.07) is 17.4. The minimum absolute atomic E-state index is 0.264. The fourth-order valence-electron chi connectivity index (χ4n) is 2.76. The van der Waals surface area contributed by atoms with Gasteiger partial charge in [-0.05, 0) is 17.7 Å². The average Bonchev–Trinajstić information content (AvgIpc) is 2.62. The van der Waals surface area contributed by atoms with Crippen molar-refractivity contribution in [2.75, 3.05) is 13.1 Å². The second kappa shape index (κ2) is 8.08. The van der Waals surface area contributed by atoms with Crippen LogP contribution in [0.3, 0.4) is 0 Å². The minimum atomic E-state index is -0.264. The fourth-order valence-corrected chi connectivity index (χ4v) is 2.98. The lowest BCUT2D eigenvalue weighted by molar-refractivity contribution is 0.0954. The number of hydrogen-bond donors (Lipinski definition) is 1. The van der Waals surface area contributed by atoms with E-state index in [-0.39, 0.29) is 5.91 Å². The maximum absolute atomic E-state index is 12.1. The molecular formula is C19H20ClN3O. The number of hydrogen-bond acceptors (Lipinski definition) is 3. The second-order valence-corrected chi connectivity index (χ2v) is 6.27. The summed E-state index contributed by atoms with van der Waals surface area (Å²) in [5, 5.41) is 4.71. The highest BCUT2D eigenvalue weighted by Crippen LogP contribution is 2.15. The number of nitrogens with zero attached hydrogens (tertiary/aromatic N) is 2. The largest absolute Gasteiger partial charge is 0.298 e. The van der Waals surface area contributed by atoms with Crippen LogP contribution in [0.2, 0.25) is 5.02 Å². The van der Waals surface area contributed by atoms with Crippen molar-refractivity contribution in [1.29, 1.82) is 0 Å². The third-order valence-corrected chi connectivity index (χ3v) is 4.45. The smallest absolute Gasteiger partial charge is 0.272 e. The van der Waals surface area contributed by atoms with Crippen LogP contribution in [0.4, 0.5) is 0 Å². The summed E-state index contributed by atoms with van der Waals surface area (Å²) in [6.07, 6.45) is 1.74. The Labute approximate surface area is 147 Å². The van der Waals surface area contributed by atoms with E-state index in [1.54, 1.807) is 24.3 Å². The highest BCUT2D eigenvalue weighted by atomic mass is 35.5. The zero-order chi connectivity index (χ0) is 16.8. The molecule has 1 N–H and O–H groups in total. The van der Waals surface area contributed by atoms with Gasteiger partial charge in [-0.2, -0.15) is 5.10 Å². The number of likely N-dealkylation sites (tertiary alicyclic amines) is 1. The molecule has 3 rings (SSSR count). The molecule has 24 heavy (non-hydrogen) atoms. The molecule has 0 aliphatic carbocycles. The molecule has 2 aromatic carbocycles. The predicted octanol–water partition coefficient (Wildman–Crippen LogP) is 3.72. The van der Waals surface area contributed by atoms with Crippen molar-refractivity contribution in [3.05, 3.63) is 70.7 Å². The zero-order valence-electron chi connectivity index (χ0n) is 13.4. The Morgan fingerprint density at radius 1 is 1.04 bits per heavy atom. The van der Waals surface area contributed by atoms with Crippen molar-refractivity contribution >= 4 is 23.2 Å². The van der Waals surface area contributed by atoms with Crippen molar-refractivity contribution in [1.82, 2.24) is 10.3 Å². The summed E-state index contributed by atoms with van der Waals surface area (Å²) >= 11 is 6.02. The van der Waals surface area contributed by atoms with Gasteiger partial charge in [-0.25, -0.2) is 5.43 Å². The van der Waals surface area contributed by atoms with Crippen LogP contribution in [0.5, 0.6) is 0 Å². The molecule has 0 spiro atoms. The standard InChI is InChI=1S/C19H20ClN3O/c20-18-9-5-4-8-17(18)19(24)22-21-16-10-12-23(13-11-16)14-15-6-2-1-3-7-15/h1-9H,10-14H2,(H,22,24). The van der Waals surface area contributed by atoms with Crippen molar-refractivity contribution in [3.63, 3.8) is 0 Å². The Hall–Kier alpha value is -2.17. The Balaban J connectivity index is 1.50. The molecule has 2 aromatic rings. The first kappa shape index (κ1) is 16.7. The van der Waals surface area contributed by atoms with Gasteiger partial charge in [0.05, 0.1) is 10.6 Å². The number of rotatable bonds is 4. The number of piperidine rings is 1. The van der Waals surface area contributed by atoms with Crippen LogP contribution >= 0.6 is 11.6 Å². The molecule has 0 radical (unpaired) electrons. The molecule has 0 aromatic heterocycles. The van der Waals surface area contributed by atoms with Crippen molar-refractivity contribution in [2.24, 2.45) is 5.10 Å². The van der Waals surface area contributed by atoms with Gasteiger partial charge in [0.25, 0.3) is 5.91 Å². The quantitative estimate of drug-likeness (QED) is 0.861. The number of nitrogens with one attached hydrogen (secondary N) is 1. The number of carbonyl (C=O) groups excluding carboxylic acids is 1. The molecule has 1 aliphatic rings. The highest BCUT2D eigenvalue weighted by Gasteiger charge is 2.16. The Morgan fingerprint density at radius 2 is 1.71 bits per heavy atom. The summed E-state index contributed by atoms with van der Waals surface area (Å²) < 4.78 is 0. The van der Waals surface area contributed by atoms with Crippen LogP contribution in [-0.4, -0.2) is 29.6 Å². The summed E-state index contributed by atoms with van der Waals surface area (Å²) in [4.78, 5) is 14.5. The lowest BCUT2D eigenvalue weighted by Crippen LogP contribution is -2.34. The number of benzene rings is 2. The third-order valence-electron chi connectivity index (χ3n) is 4.12. The fraction of sp³-hybridized carbons (Fsp3) is 0.263. The molecule has 0 atom stereocenters. The summed E-state index contributed by atoms with van der Waals surface area (Å²) in [5.74, 6) is -0.264. The zero-order valence-corrected chi connectivity index (χ0v) is 14.2. The van der Waals surface area contributed by atoms with Gasteiger partial charge in [-0.1, -0.05) is 54.1 Å². The number of hydrazone groups is 1. The molecule has 0 saturated carbocycles. The van der Waals surface area contributed by atoms with Gasteiger partial charge in [-0.3, -0.25) is 9.69 Å². The first-order chi connectivity index (χ1) is 11.7. The van der Waals surface area contributed by atoms with Crippen LogP contribution in [0, 0.1) is 0 Å². The van der Waals surface area contributed by atoms with Gasteiger partial charge in [0, 0.05) is 38.2 Å².